The van der Waals surface area contributed by atoms with E-state index in [1.807, 2.05) is 0 Å². The molecule has 0 saturated carbocycles. The minimum Gasteiger partial charge on any atom is -0.483 e. The van der Waals surface area contributed by atoms with Crippen LogP contribution in [0.4, 0.5) is 10.1 Å². The van der Waals surface area contributed by atoms with Crippen molar-refractivity contribution >= 4 is 23.2 Å². The Kier molecular flexibility index (Phi) is 7.32. The molecule has 0 saturated heterocycles. The number of aromatic nitrogens is 3. The summed E-state index contributed by atoms with van der Waals surface area (Å²) in [7, 11) is 0. The van der Waals surface area contributed by atoms with E-state index in [0.29, 0.717) is 28.0 Å². The molecule has 0 unspecified atom stereocenters. The number of para-hydroxylation sites is 1. The van der Waals surface area contributed by atoms with Crippen LogP contribution in [-0.2, 0) is 13.2 Å². The average molecular weight is 491 g/mol. The number of ketones is 1. The number of hydrogen-bond donors (Lipinski definition) is 0. The van der Waals surface area contributed by atoms with Crippen LogP contribution in [-0.4, -0.2) is 25.5 Å². The molecule has 176 valence electrons. The quantitative estimate of drug-likeness (QED) is 0.126. The highest BCUT2D eigenvalue weighted by molar-refractivity contribution is 7.99. The zero-order chi connectivity index (χ0) is 24.8. The largest absolute Gasteiger partial charge is 0.483 e. The molecule has 0 aliphatic carbocycles. The van der Waals surface area contributed by atoms with Gasteiger partial charge in [0, 0.05) is 23.7 Å². The summed E-state index contributed by atoms with van der Waals surface area (Å²) < 4.78 is 21.1. The van der Waals surface area contributed by atoms with Crippen LogP contribution in [0.3, 0.4) is 0 Å². The molecule has 0 atom stereocenters. The second-order valence-corrected chi connectivity index (χ2v) is 8.26. The van der Waals surface area contributed by atoms with Crippen molar-refractivity contribution in [3.05, 3.63) is 118 Å². The highest BCUT2D eigenvalue weighted by Gasteiger charge is 2.22. The Bertz CT molecular complexity index is 1390. The predicted molar refractivity (Wildman–Crippen MR) is 128 cm³/mol. The van der Waals surface area contributed by atoms with Gasteiger partial charge in [-0.25, -0.2) is 4.39 Å². The molecule has 1 heterocycles. The maximum atomic E-state index is 13.9. The van der Waals surface area contributed by atoms with Gasteiger partial charge in [-0.1, -0.05) is 48.5 Å². The average Bonchev–Trinajstić information content (AvgIpc) is 3.25. The maximum absolute atomic E-state index is 13.9. The van der Waals surface area contributed by atoms with E-state index in [9.17, 15) is 19.3 Å². The molecule has 0 aliphatic rings. The molecule has 10 heteroatoms. The number of allylic oxidation sites excluding steroid dienone is 1. The van der Waals surface area contributed by atoms with Gasteiger partial charge in [-0.15, -0.1) is 16.8 Å². The molecule has 0 radical (unpaired) electrons. The van der Waals surface area contributed by atoms with E-state index in [4.69, 9.17) is 4.74 Å². The first-order valence-corrected chi connectivity index (χ1v) is 11.3. The van der Waals surface area contributed by atoms with E-state index in [0.717, 1.165) is 11.8 Å². The zero-order valence-corrected chi connectivity index (χ0v) is 19.2. The van der Waals surface area contributed by atoms with Crippen LogP contribution in [0.15, 0.2) is 95.5 Å². The van der Waals surface area contributed by atoms with Crippen molar-refractivity contribution in [2.75, 3.05) is 0 Å². The molecule has 0 spiro atoms. The van der Waals surface area contributed by atoms with E-state index in [2.05, 4.69) is 16.8 Å². The molecule has 8 nitrogen and oxygen atoms in total. The Hall–Kier alpha value is -4.31. The number of carbonyl (C=O) groups excluding carboxylic acids is 1. The molecule has 1 aromatic heterocycles. The van der Waals surface area contributed by atoms with E-state index in [-0.39, 0.29) is 29.4 Å². The first kappa shape index (κ1) is 23.8. The van der Waals surface area contributed by atoms with Gasteiger partial charge in [0.05, 0.1) is 9.82 Å². The summed E-state index contributed by atoms with van der Waals surface area (Å²) in [4.78, 5) is 24.3. The number of hydrogen-bond acceptors (Lipinski definition) is 7. The third-order valence-corrected chi connectivity index (χ3v) is 6.00. The van der Waals surface area contributed by atoms with Crippen LogP contribution in [0, 0.1) is 15.9 Å². The van der Waals surface area contributed by atoms with Crippen molar-refractivity contribution in [2.24, 2.45) is 0 Å². The molecule has 4 rings (SSSR count). The number of carbonyl (C=O) groups is 1. The summed E-state index contributed by atoms with van der Waals surface area (Å²) in [5.41, 5.74) is 0.417. The van der Waals surface area contributed by atoms with Gasteiger partial charge >= 0.3 is 0 Å². The minimum absolute atomic E-state index is 0.0606. The highest BCUT2D eigenvalue weighted by Crippen LogP contribution is 2.35. The summed E-state index contributed by atoms with van der Waals surface area (Å²) in [6.45, 7) is 3.98. The van der Waals surface area contributed by atoms with Crippen molar-refractivity contribution < 1.29 is 18.8 Å². The molecule has 0 aliphatic heterocycles. The molecule has 0 fully saturated rings. The zero-order valence-electron chi connectivity index (χ0n) is 18.3. The van der Waals surface area contributed by atoms with Gasteiger partial charge < -0.3 is 4.74 Å². The summed E-state index contributed by atoms with van der Waals surface area (Å²) in [6.07, 6.45) is 1.62. The smallest absolute Gasteiger partial charge is 0.284 e. The fourth-order valence-electron chi connectivity index (χ4n) is 3.26. The van der Waals surface area contributed by atoms with Crippen LogP contribution >= 0.6 is 11.8 Å². The molecular weight excluding hydrogens is 471 g/mol. The maximum Gasteiger partial charge on any atom is 0.284 e. The first-order valence-electron chi connectivity index (χ1n) is 10.4. The van der Waals surface area contributed by atoms with Crippen LogP contribution in [0.1, 0.15) is 21.7 Å². The van der Waals surface area contributed by atoms with Gasteiger partial charge in [-0.2, -0.15) is 0 Å². The van der Waals surface area contributed by atoms with Crippen LogP contribution in [0.25, 0.3) is 0 Å². The van der Waals surface area contributed by atoms with Crippen LogP contribution in [0.2, 0.25) is 0 Å². The van der Waals surface area contributed by atoms with Gasteiger partial charge in [-0.05, 0) is 36.0 Å². The van der Waals surface area contributed by atoms with E-state index in [1.165, 1.54) is 24.3 Å². The second kappa shape index (κ2) is 10.7. The lowest BCUT2D eigenvalue weighted by molar-refractivity contribution is -0.387. The monoisotopic (exact) mass is 490 g/mol. The van der Waals surface area contributed by atoms with Crippen molar-refractivity contribution in [2.45, 2.75) is 23.2 Å². The van der Waals surface area contributed by atoms with Gasteiger partial charge in [0.2, 0.25) is 0 Å². The SMILES string of the molecule is C=CCn1c(COc2ccccc2F)nnc1Sc1ccc(C(=O)c2ccccc2)cc1[N+](=O)[O-]. The number of benzene rings is 3. The van der Waals surface area contributed by atoms with Gasteiger partial charge in [0.15, 0.2) is 28.3 Å². The predicted octanol–water partition coefficient (Wildman–Crippen LogP) is 5.47. The normalized spacial score (nSPS) is 10.7. The lowest BCUT2D eigenvalue weighted by Crippen LogP contribution is -2.08. The Morgan fingerprint density at radius 3 is 2.54 bits per heavy atom. The lowest BCUT2D eigenvalue weighted by Gasteiger charge is -2.10. The number of halogens is 1. The first-order chi connectivity index (χ1) is 17.0. The van der Waals surface area contributed by atoms with Gasteiger partial charge in [0.1, 0.15) is 6.61 Å². The molecule has 35 heavy (non-hydrogen) atoms. The summed E-state index contributed by atoms with van der Waals surface area (Å²) in [5, 5.41) is 20.4. The van der Waals surface area contributed by atoms with E-state index < -0.39 is 10.7 Å². The lowest BCUT2D eigenvalue weighted by atomic mass is 10.0. The Labute approximate surface area is 204 Å². The third-order valence-electron chi connectivity index (χ3n) is 4.95. The molecule has 4 aromatic rings. The minimum atomic E-state index is -0.541. The number of nitrogens with zero attached hydrogens (tertiary/aromatic N) is 4. The van der Waals surface area contributed by atoms with E-state index >= 15 is 0 Å². The highest BCUT2D eigenvalue weighted by atomic mass is 32.2. The van der Waals surface area contributed by atoms with Crippen LogP contribution in [0.5, 0.6) is 5.75 Å². The Balaban J connectivity index is 1.60. The molecule has 0 bridgehead atoms. The van der Waals surface area contributed by atoms with Gasteiger partial charge in [0.25, 0.3) is 5.69 Å². The molecule has 0 amide bonds. The Morgan fingerprint density at radius 1 is 1.09 bits per heavy atom. The summed E-state index contributed by atoms with van der Waals surface area (Å²) in [6, 6.07) is 18.9. The molecule has 3 aromatic carbocycles. The second-order valence-electron chi connectivity index (χ2n) is 7.25. The van der Waals surface area contributed by atoms with E-state index in [1.54, 1.807) is 59.2 Å². The molecular formula is C25H19FN4O4S. The number of ether oxygens (including phenoxy) is 1. The van der Waals surface area contributed by atoms with Crippen LogP contribution < -0.4 is 4.74 Å². The summed E-state index contributed by atoms with van der Waals surface area (Å²) in [5.74, 6) is -0.344. The van der Waals surface area contributed by atoms with Crippen molar-refractivity contribution in [3.8, 4) is 5.75 Å². The fourth-order valence-corrected chi connectivity index (χ4v) is 4.20. The number of nitro groups is 1. The summed E-state index contributed by atoms with van der Waals surface area (Å²) >= 11 is 1.03. The fraction of sp³-hybridized carbons (Fsp3) is 0.0800. The standard InChI is InChI=1S/C25H19FN4O4S/c1-2-14-29-23(16-34-21-11-7-6-10-19(21)26)27-28-25(29)35-22-13-12-18(15-20(22)30(32)33)24(31)17-8-4-3-5-9-17/h2-13,15H,1,14,16H2. The Morgan fingerprint density at radius 2 is 1.83 bits per heavy atom. The topological polar surface area (TPSA) is 100 Å². The van der Waals surface area contributed by atoms with Crippen molar-refractivity contribution in [1.82, 2.24) is 14.8 Å². The number of nitro benzene ring substituents is 1. The van der Waals surface area contributed by atoms with Crippen molar-refractivity contribution in [1.29, 1.82) is 0 Å². The molecule has 0 N–H and O–H groups in total. The van der Waals surface area contributed by atoms with Gasteiger partial charge in [-0.3, -0.25) is 19.5 Å². The third kappa shape index (κ3) is 5.44. The number of rotatable bonds is 10. The van der Waals surface area contributed by atoms with Crippen molar-refractivity contribution in [3.63, 3.8) is 0 Å².